The first-order valence-corrected chi connectivity index (χ1v) is 7.45. The maximum Gasteiger partial charge on any atom is 0.251 e. The molecule has 1 N–H and O–H groups in total. The number of rotatable bonds is 7. The van der Waals surface area contributed by atoms with Crippen molar-refractivity contribution in [1.82, 2.24) is 10.2 Å². The van der Waals surface area contributed by atoms with E-state index in [0.717, 1.165) is 25.1 Å². The minimum absolute atomic E-state index is 0.0626. The van der Waals surface area contributed by atoms with E-state index in [4.69, 9.17) is 4.74 Å². The van der Waals surface area contributed by atoms with Gasteiger partial charge in [0.25, 0.3) is 6.43 Å². The molecule has 2 atom stereocenters. The van der Waals surface area contributed by atoms with Gasteiger partial charge in [-0.15, -0.1) is 0 Å². The van der Waals surface area contributed by atoms with Crippen LogP contribution in [0.1, 0.15) is 30.5 Å². The van der Waals surface area contributed by atoms with Gasteiger partial charge in [0, 0.05) is 12.1 Å². The molecule has 0 fully saturated rings. The number of ether oxygens (including phenoxy) is 1. The summed E-state index contributed by atoms with van der Waals surface area (Å²) in [4.78, 5) is 1.77. The highest BCUT2D eigenvalue weighted by Crippen LogP contribution is 2.36. The molecule has 1 aliphatic carbocycles. The fraction of sp³-hybridized carbons (Fsp3) is 0.625. The van der Waals surface area contributed by atoms with Gasteiger partial charge in [0.2, 0.25) is 0 Å². The Kier molecular flexibility index (Phi) is 5.53. The van der Waals surface area contributed by atoms with Crippen molar-refractivity contribution < 1.29 is 13.5 Å². The third kappa shape index (κ3) is 3.71. The van der Waals surface area contributed by atoms with Crippen molar-refractivity contribution in [2.24, 2.45) is 0 Å². The number of likely N-dealkylation sites (N-methyl/N-ethyl adjacent to an activating group) is 1. The van der Waals surface area contributed by atoms with E-state index >= 15 is 0 Å². The summed E-state index contributed by atoms with van der Waals surface area (Å²) >= 11 is 0. The number of nitrogens with zero attached hydrogens (tertiary/aromatic N) is 1. The molecule has 1 aromatic rings. The number of alkyl halides is 2. The monoisotopic (exact) mass is 298 g/mol. The molecule has 2 rings (SSSR count). The highest BCUT2D eigenvalue weighted by Gasteiger charge is 2.35. The second kappa shape index (κ2) is 7.18. The van der Waals surface area contributed by atoms with Crippen LogP contribution in [0.3, 0.4) is 0 Å². The molecule has 1 aliphatic rings. The van der Waals surface area contributed by atoms with Gasteiger partial charge in [-0.1, -0.05) is 13.0 Å². The second-order valence-electron chi connectivity index (χ2n) is 5.60. The predicted octanol–water partition coefficient (Wildman–Crippen LogP) is 2.86. The molecule has 5 heteroatoms. The van der Waals surface area contributed by atoms with Gasteiger partial charge in [-0.25, -0.2) is 8.78 Å². The van der Waals surface area contributed by atoms with Gasteiger partial charge in [-0.05, 0) is 49.7 Å². The number of methoxy groups -OCH3 is 1. The Morgan fingerprint density at radius 3 is 2.81 bits per heavy atom. The molecule has 0 radical (unpaired) electrons. The minimum Gasteiger partial charge on any atom is -0.497 e. The maximum atomic E-state index is 12.7. The summed E-state index contributed by atoms with van der Waals surface area (Å²) in [7, 11) is 3.42. The topological polar surface area (TPSA) is 24.5 Å². The van der Waals surface area contributed by atoms with Gasteiger partial charge in [0.05, 0.1) is 13.7 Å². The van der Waals surface area contributed by atoms with Crippen LogP contribution in [0, 0.1) is 0 Å². The zero-order valence-electron chi connectivity index (χ0n) is 12.9. The Labute approximate surface area is 125 Å². The first-order chi connectivity index (χ1) is 10.1. The smallest absolute Gasteiger partial charge is 0.251 e. The van der Waals surface area contributed by atoms with Crippen molar-refractivity contribution in [2.45, 2.75) is 38.3 Å². The van der Waals surface area contributed by atoms with Crippen molar-refractivity contribution in [3.8, 4) is 5.75 Å². The van der Waals surface area contributed by atoms with Crippen molar-refractivity contribution >= 4 is 0 Å². The molecule has 0 spiro atoms. The fourth-order valence-electron chi connectivity index (χ4n) is 3.04. The number of halogens is 2. The molecule has 0 aromatic heterocycles. The zero-order chi connectivity index (χ0) is 15.4. The summed E-state index contributed by atoms with van der Waals surface area (Å²) in [5.74, 6) is 0.814. The molecule has 1 aromatic carbocycles. The van der Waals surface area contributed by atoms with E-state index in [0.29, 0.717) is 0 Å². The van der Waals surface area contributed by atoms with Crippen LogP contribution in [-0.2, 0) is 6.42 Å². The van der Waals surface area contributed by atoms with Crippen LogP contribution >= 0.6 is 0 Å². The number of benzene rings is 1. The fourth-order valence-corrected chi connectivity index (χ4v) is 3.04. The van der Waals surface area contributed by atoms with Crippen LogP contribution in [-0.4, -0.2) is 44.6 Å². The Hall–Kier alpha value is -1.20. The third-order valence-corrected chi connectivity index (χ3v) is 4.11. The molecular formula is C16H24F2N2O. The van der Waals surface area contributed by atoms with E-state index in [1.807, 2.05) is 18.2 Å². The lowest BCUT2D eigenvalue weighted by molar-refractivity contribution is 0.0734. The van der Waals surface area contributed by atoms with Crippen LogP contribution in [0.2, 0.25) is 0 Å². The molecule has 0 heterocycles. The van der Waals surface area contributed by atoms with E-state index in [1.165, 1.54) is 11.1 Å². The minimum atomic E-state index is -2.31. The largest absolute Gasteiger partial charge is 0.497 e. The van der Waals surface area contributed by atoms with Gasteiger partial charge in [-0.2, -0.15) is 0 Å². The first-order valence-electron chi connectivity index (χ1n) is 7.45. The van der Waals surface area contributed by atoms with E-state index in [2.05, 4.69) is 12.2 Å². The molecule has 2 unspecified atom stereocenters. The number of nitrogens with one attached hydrogen (secondary N) is 1. The number of hydrogen-bond donors (Lipinski definition) is 1. The lowest BCUT2D eigenvalue weighted by atomic mass is 10.1. The second-order valence-corrected chi connectivity index (χ2v) is 5.60. The highest BCUT2D eigenvalue weighted by atomic mass is 19.3. The van der Waals surface area contributed by atoms with E-state index < -0.39 is 6.43 Å². The lowest BCUT2D eigenvalue weighted by Gasteiger charge is -2.30. The zero-order valence-corrected chi connectivity index (χ0v) is 12.9. The van der Waals surface area contributed by atoms with Crippen LogP contribution < -0.4 is 10.1 Å². The van der Waals surface area contributed by atoms with Gasteiger partial charge in [-0.3, -0.25) is 4.90 Å². The molecular weight excluding hydrogens is 274 g/mol. The Morgan fingerprint density at radius 1 is 1.43 bits per heavy atom. The maximum absolute atomic E-state index is 12.7. The first kappa shape index (κ1) is 16.2. The van der Waals surface area contributed by atoms with Crippen molar-refractivity contribution in [1.29, 1.82) is 0 Å². The van der Waals surface area contributed by atoms with Gasteiger partial charge in [0.15, 0.2) is 0 Å². The van der Waals surface area contributed by atoms with E-state index in [1.54, 1.807) is 19.1 Å². The van der Waals surface area contributed by atoms with Crippen LogP contribution in [0.25, 0.3) is 0 Å². The summed E-state index contributed by atoms with van der Waals surface area (Å²) in [5.41, 5.74) is 2.39. The van der Waals surface area contributed by atoms with Crippen LogP contribution in [0.15, 0.2) is 18.2 Å². The SMILES string of the molecule is CCCNC1c2cc(OC)ccc2CC1N(C)CC(F)F. The molecule has 118 valence electrons. The standard InChI is InChI=1S/C16H24F2N2O/c1-4-7-19-16-13-9-12(21-3)6-5-11(13)8-14(16)20(2)10-15(17)18/h5-6,9,14-16,19H,4,7-8,10H2,1-3H3. The van der Waals surface area contributed by atoms with Gasteiger partial charge >= 0.3 is 0 Å². The molecule has 0 aliphatic heterocycles. The Bertz CT molecular complexity index is 468. The Balaban J connectivity index is 2.23. The molecule has 0 amide bonds. The molecule has 0 saturated carbocycles. The van der Waals surface area contributed by atoms with Crippen LogP contribution in [0.5, 0.6) is 5.75 Å². The average Bonchev–Trinajstić information content (AvgIpc) is 2.82. The van der Waals surface area contributed by atoms with Crippen molar-refractivity contribution in [3.63, 3.8) is 0 Å². The summed E-state index contributed by atoms with van der Waals surface area (Å²) in [5, 5.41) is 3.50. The highest BCUT2D eigenvalue weighted by molar-refractivity contribution is 5.42. The third-order valence-electron chi connectivity index (χ3n) is 4.11. The molecule has 0 saturated heterocycles. The van der Waals surface area contributed by atoms with E-state index in [9.17, 15) is 8.78 Å². The van der Waals surface area contributed by atoms with E-state index in [-0.39, 0.29) is 18.6 Å². The molecule has 3 nitrogen and oxygen atoms in total. The van der Waals surface area contributed by atoms with Crippen molar-refractivity contribution in [2.75, 3.05) is 27.2 Å². The average molecular weight is 298 g/mol. The normalized spacial score (nSPS) is 21.1. The Morgan fingerprint density at radius 2 is 2.19 bits per heavy atom. The predicted molar refractivity (Wildman–Crippen MR) is 80.2 cm³/mol. The van der Waals surface area contributed by atoms with Gasteiger partial charge < -0.3 is 10.1 Å². The van der Waals surface area contributed by atoms with Crippen LogP contribution in [0.4, 0.5) is 8.78 Å². The summed E-state index contributed by atoms with van der Waals surface area (Å²) < 4.78 is 30.7. The summed E-state index contributed by atoms with van der Waals surface area (Å²) in [6.45, 7) is 2.78. The number of hydrogen-bond acceptors (Lipinski definition) is 3. The lowest BCUT2D eigenvalue weighted by Crippen LogP contribution is -2.43. The summed E-state index contributed by atoms with van der Waals surface area (Å²) in [6.07, 6.45) is -0.495. The molecule has 21 heavy (non-hydrogen) atoms. The summed E-state index contributed by atoms with van der Waals surface area (Å²) in [6, 6.07) is 6.15. The quantitative estimate of drug-likeness (QED) is 0.838. The van der Waals surface area contributed by atoms with Crippen molar-refractivity contribution in [3.05, 3.63) is 29.3 Å². The molecule has 0 bridgehead atoms. The number of fused-ring (bicyclic) bond motifs is 1. The van der Waals surface area contributed by atoms with Gasteiger partial charge in [0.1, 0.15) is 5.75 Å².